The summed E-state index contributed by atoms with van der Waals surface area (Å²) in [5.41, 5.74) is 0.962. The highest BCUT2D eigenvalue weighted by atomic mass is 35.5. The van der Waals surface area contributed by atoms with E-state index in [1.165, 1.54) is 6.07 Å². The van der Waals surface area contributed by atoms with Crippen molar-refractivity contribution in [1.82, 2.24) is 4.98 Å². The number of carbonyl (C=O) groups is 1. The second kappa shape index (κ2) is 5.33. The van der Waals surface area contributed by atoms with Gasteiger partial charge in [-0.25, -0.2) is 0 Å². The highest BCUT2D eigenvalue weighted by Gasteiger charge is 2.11. The molecule has 0 saturated heterocycles. The van der Waals surface area contributed by atoms with Gasteiger partial charge in [0, 0.05) is 5.69 Å². The SMILES string of the molecule is COc1ccc(NC(=O)c2cc(Cl)c(Cl)[nH]2)cc1. The third kappa shape index (κ3) is 2.78. The highest BCUT2D eigenvalue weighted by molar-refractivity contribution is 6.41. The molecule has 2 rings (SSSR count). The van der Waals surface area contributed by atoms with E-state index in [0.717, 1.165) is 5.75 Å². The number of methoxy groups -OCH3 is 1. The van der Waals surface area contributed by atoms with Crippen LogP contribution in [-0.4, -0.2) is 18.0 Å². The van der Waals surface area contributed by atoms with Gasteiger partial charge in [0.15, 0.2) is 0 Å². The number of aromatic nitrogens is 1. The van der Waals surface area contributed by atoms with Crippen molar-refractivity contribution in [1.29, 1.82) is 0 Å². The first-order chi connectivity index (χ1) is 8.60. The van der Waals surface area contributed by atoms with Crippen molar-refractivity contribution in [3.05, 3.63) is 46.2 Å². The Morgan fingerprint density at radius 3 is 2.44 bits per heavy atom. The average molecular weight is 285 g/mol. The number of ether oxygens (including phenoxy) is 1. The number of anilines is 1. The zero-order valence-corrected chi connectivity index (χ0v) is 11.0. The summed E-state index contributed by atoms with van der Waals surface area (Å²) in [5, 5.41) is 3.27. The molecule has 0 saturated carbocycles. The van der Waals surface area contributed by atoms with E-state index < -0.39 is 0 Å². The van der Waals surface area contributed by atoms with Crippen LogP contribution in [0.3, 0.4) is 0 Å². The van der Waals surface area contributed by atoms with E-state index in [1.807, 2.05) is 0 Å². The van der Waals surface area contributed by atoms with Crippen molar-refractivity contribution in [2.75, 3.05) is 12.4 Å². The molecule has 1 aromatic carbocycles. The molecule has 0 unspecified atom stereocenters. The number of H-pyrrole nitrogens is 1. The Morgan fingerprint density at radius 2 is 1.94 bits per heavy atom. The minimum Gasteiger partial charge on any atom is -0.497 e. The topological polar surface area (TPSA) is 54.1 Å². The molecule has 0 atom stereocenters. The fourth-order valence-electron chi connectivity index (χ4n) is 1.40. The van der Waals surface area contributed by atoms with Crippen LogP contribution in [0.15, 0.2) is 30.3 Å². The number of amides is 1. The number of benzene rings is 1. The zero-order valence-electron chi connectivity index (χ0n) is 9.46. The van der Waals surface area contributed by atoms with Crippen molar-refractivity contribution in [3.8, 4) is 5.75 Å². The normalized spacial score (nSPS) is 10.2. The molecule has 0 radical (unpaired) electrons. The Hall–Kier alpha value is -1.65. The van der Waals surface area contributed by atoms with E-state index in [-0.39, 0.29) is 11.1 Å². The van der Waals surface area contributed by atoms with Gasteiger partial charge in [-0.3, -0.25) is 4.79 Å². The summed E-state index contributed by atoms with van der Waals surface area (Å²) in [6, 6.07) is 8.46. The summed E-state index contributed by atoms with van der Waals surface area (Å²) >= 11 is 11.5. The summed E-state index contributed by atoms with van der Waals surface area (Å²) < 4.78 is 5.02. The number of halogens is 2. The molecule has 0 aliphatic carbocycles. The zero-order chi connectivity index (χ0) is 13.1. The maximum atomic E-state index is 11.8. The lowest BCUT2D eigenvalue weighted by molar-refractivity contribution is 0.102. The molecule has 0 bridgehead atoms. The van der Waals surface area contributed by atoms with Gasteiger partial charge < -0.3 is 15.0 Å². The Labute approximate surface area is 114 Å². The summed E-state index contributed by atoms with van der Waals surface area (Å²) in [6.07, 6.45) is 0. The maximum absolute atomic E-state index is 11.8. The van der Waals surface area contributed by atoms with Crippen LogP contribution in [0, 0.1) is 0 Å². The van der Waals surface area contributed by atoms with E-state index in [0.29, 0.717) is 16.4 Å². The predicted molar refractivity (Wildman–Crippen MR) is 71.8 cm³/mol. The van der Waals surface area contributed by atoms with Crippen molar-refractivity contribution >= 4 is 34.8 Å². The third-order valence-corrected chi connectivity index (χ3v) is 3.01. The number of rotatable bonds is 3. The first kappa shape index (κ1) is 12.8. The van der Waals surface area contributed by atoms with Crippen LogP contribution in [0.5, 0.6) is 5.75 Å². The Balaban J connectivity index is 2.10. The van der Waals surface area contributed by atoms with Crippen LogP contribution in [0.25, 0.3) is 0 Å². The largest absolute Gasteiger partial charge is 0.497 e. The highest BCUT2D eigenvalue weighted by Crippen LogP contribution is 2.22. The maximum Gasteiger partial charge on any atom is 0.272 e. The second-order valence-electron chi connectivity index (χ2n) is 3.53. The lowest BCUT2D eigenvalue weighted by Crippen LogP contribution is -2.12. The third-order valence-electron chi connectivity index (χ3n) is 2.32. The van der Waals surface area contributed by atoms with Gasteiger partial charge in [-0.15, -0.1) is 0 Å². The van der Waals surface area contributed by atoms with Gasteiger partial charge in [0.2, 0.25) is 0 Å². The molecule has 1 amide bonds. The van der Waals surface area contributed by atoms with Gasteiger partial charge in [-0.05, 0) is 30.3 Å². The molecule has 6 heteroatoms. The second-order valence-corrected chi connectivity index (χ2v) is 4.31. The molecule has 0 aliphatic heterocycles. The molecule has 4 nitrogen and oxygen atoms in total. The molecule has 0 spiro atoms. The molecule has 18 heavy (non-hydrogen) atoms. The molecular weight excluding hydrogens is 275 g/mol. The number of carbonyl (C=O) groups excluding carboxylic acids is 1. The quantitative estimate of drug-likeness (QED) is 0.905. The van der Waals surface area contributed by atoms with Crippen molar-refractivity contribution in [3.63, 3.8) is 0 Å². The van der Waals surface area contributed by atoms with Crippen LogP contribution >= 0.6 is 23.2 Å². The molecule has 2 aromatic rings. The van der Waals surface area contributed by atoms with E-state index in [1.54, 1.807) is 31.4 Å². The van der Waals surface area contributed by atoms with Crippen molar-refractivity contribution in [2.24, 2.45) is 0 Å². The number of aromatic amines is 1. The van der Waals surface area contributed by atoms with E-state index >= 15 is 0 Å². The first-order valence-electron chi connectivity index (χ1n) is 5.09. The van der Waals surface area contributed by atoms with Crippen LogP contribution in [0.2, 0.25) is 10.2 Å². The predicted octanol–water partition coefficient (Wildman–Crippen LogP) is 3.58. The number of hydrogen-bond acceptors (Lipinski definition) is 2. The fraction of sp³-hybridized carbons (Fsp3) is 0.0833. The minimum absolute atomic E-state index is 0.247. The van der Waals surface area contributed by atoms with Gasteiger partial charge in [0.05, 0.1) is 12.1 Å². The first-order valence-corrected chi connectivity index (χ1v) is 5.85. The summed E-state index contributed by atoms with van der Waals surface area (Å²) in [6.45, 7) is 0. The Morgan fingerprint density at radius 1 is 1.28 bits per heavy atom. The van der Waals surface area contributed by atoms with Crippen molar-refractivity contribution < 1.29 is 9.53 Å². The molecule has 0 aliphatic rings. The summed E-state index contributed by atoms with van der Waals surface area (Å²) in [5.74, 6) is 0.410. The molecular formula is C12H10Cl2N2O2. The van der Waals surface area contributed by atoms with E-state index in [2.05, 4.69) is 10.3 Å². The van der Waals surface area contributed by atoms with Gasteiger partial charge in [0.1, 0.15) is 16.6 Å². The molecule has 1 aromatic heterocycles. The number of hydrogen-bond donors (Lipinski definition) is 2. The van der Waals surface area contributed by atoms with E-state index in [4.69, 9.17) is 27.9 Å². The van der Waals surface area contributed by atoms with Crippen molar-refractivity contribution in [2.45, 2.75) is 0 Å². The van der Waals surface area contributed by atoms with Crippen LogP contribution in [0.4, 0.5) is 5.69 Å². The lowest BCUT2D eigenvalue weighted by atomic mass is 10.3. The minimum atomic E-state index is -0.311. The average Bonchev–Trinajstić information content (AvgIpc) is 2.71. The molecule has 94 valence electrons. The molecule has 1 heterocycles. The standard InChI is InChI=1S/C12H10Cl2N2O2/c1-18-8-4-2-7(3-5-8)15-12(17)10-6-9(13)11(14)16-10/h2-6,16H,1H3,(H,15,17). The Kier molecular flexibility index (Phi) is 3.79. The van der Waals surface area contributed by atoms with Gasteiger partial charge in [-0.2, -0.15) is 0 Å². The monoisotopic (exact) mass is 284 g/mol. The lowest BCUT2D eigenvalue weighted by Gasteiger charge is -2.04. The van der Waals surface area contributed by atoms with Gasteiger partial charge in [-0.1, -0.05) is 23.2 Å². The summed E-state index contributed by atoms with van der Waals surface area (Å²) in [4.78, 5) is 14.5. The van der Waals surface area contributed by atoms with Crippen LogP contribution in [-0.2, 0) is 0 Å². The molecule has 2 N–H and O–H groups in total. The van der Waals surface area contributed by atoms with Crippen LogP contribution in [0.1, 0.15) is 10.5 Å². The van der Waals surface area contributed by atoms with Gasteiger partial charge in [0.25, 0.3) is 5.91 Å². The fourth-order valence-corrected chi connectivity index (χ4v) is 1.71. The molecule has 0 fully saturated rings. The van der Waals surface area contributed by atoms with E-state index in [9.17, 15) is 4.79 Å². The number of nitrogens with one attached hydrogen (secondary N) is 2. The van der Waals surface area contributed by atoms with Crippen LogP contribution < -0.4 is 10.1 Å². The summed E-state index contributed by atoms with van der Waals surface area (Å²) in [7, 11) is 1.58. The van der Waals surface area contributed by atoms with Gasteiger partial charge >= 0.3 is 0 Å². The Bertz CT molecular complexity index is 544. The smallest absolute Gasteiger partial charge is 0.272 e.